The molecule has 2 N–H and O–H groups in total. The van der Waals surface area contributed by atoms with E-state index in [2.05, 4.69) is 13.8 Å². The molecular formula is C23H37KO7S. The van der Waals surface area contributed by atoms with Crippen LogP contribution in [0.15, 0.2) is 23.1 Å². The van der Waals surface area contributed by atoms with E-state index < -0.39 is 32.6 Å². The van der Waals surface area contributed by atoms with E-state index in [1.165, 1.54) is 0 Å². The average molecular weight is 497 g/mol. The third-order valence-corrected chi connectivity index (χ3v) is 6.55. The van der Waals surface area contributed by atoms with Gasteiger partial charge in [-0.1, -0.05) is 59.3 Å². The normalized spacial score (nSPS) is 11.6. The van der Waals surface area contributed by atoms with Crippen molar-refractivity contribution < 1.29 is 32.4 Å². The van der Waals surface area contributed by atoms with Crippen molar-refractivity contribution in [3.63, 3.8) is 0 Å². The number of hydrogen-bond acceptors (Lipinski definition) is 5. The molecule has 0 saturated heterocycles. The number of unbranched alkanes of at least 4 members (excludes halogenated alkanes) is 6. The van der Waals surface area contributed by atoms with Crippen LogP contribution < -0.4 is 0 Å². The van der Waals surface area contributed by atoms with Crippen LogP contribution in [0.3, 0.4) is 0 Å². The van der Waals surface area contributed by atoms with Gasteiger partial charge in [-0.05, 0) is 50.3 Å². The summed E-state index contributed by atoms with van der Waals surface area (Å²) in [7, 11) is -4.81. The summed E-state index contributed by atoms with van der Waals surface area (Å²) in [6.07, 6.45) is 10.1. The number of carboxylic acid groups (broad SMARTS) is 1. The van der Waals surface area contributed by atoms with Gasteiger partial charge in [0.2, 0.25) is 0 Å². The van der Waals surface area contributed by atoms with Crippen LogP contribution in [0.25, 0.3) is 0 Å². The molecule has 7 nitrogen and oxygen atoms in total. The first-order chi connectivity index (χ1) is 14.6. The molecule has 0 aliphatic heterocycles. The summed E-state index contributed by atoms with van der Waals surface area (Å²) in [5.74, 6) is -2.23. The van der Waals surface area contributed by atoms with Gasteiger partial charge in [0.1, 0.15) is 10.5 Å². The molecular weight excluding hydrogens is 459 g/mol. The van der Waals surface area contributed by atoms with Crippen LogP contribution in [-0.4, -0.2) is 87.0 Å². The molecule has 0 amide bonds. The molecule has 32 heavy (non-hydrogen) atoms. The molecule has 1 aromatic carbocycles. The maximum absolute atomic E-state index is 13.0. The first-order valence-electron chi connectivity index (χ1n) is 11.2. The van der Waals surface area contributed by atoms with Crippen molar-refractivity contribution >= 4 is 73.4 Å². The SMILES string of the molecule is CCCCCCC(CC)(CCCCCC)OC(=O)c1ccc(C(=O)O)cc1S(=O)(=O)O.[KH]. The first kappa shape index (κ1) is 31.7. The van der Waals surface area contributed by atoms with E-state index in [0.29, 0.717) is 19.3 Å². The van der Waals surface area contributed by atoms with Crippen LogP contribution in [0.4, 0.5) is 0 Å². The number of ether oxygens (including phenoxy) is 1. The minimum atomic E-state index is -4.81. The second-order valence-corrected chi connectivity index (χ2v) is 9.43. The maximum atomic E-state index is 13.0. The van der Waals surface area contributed by atoms with E-state index in [-0.39, 0.29) is 62.5 Å². The minimum absolute atomic E-state index is 0. The van der Waals surface area contributed by atoms with Gasteiger partial charge in [0.25, 0.3) is 10.1 Å². The first-order valence-corrected chi connectivity index (χ1v) is 12.6. The average Bonchev–Trinajstić information content (AvgIpc) is 2.72. The fourth-order valence-corrected chi connectivity index (χ4v) is 4.39. The van der Waals surface area contributed by atoms with E-state index in [1.807, 2.05) is 6.92 Å². The molecule has 0 bridgehead atoms. The van der Waals surface area contributed by atoms with E-state index in [4.69, 9.17) is 9.84 Å². The second-order valence-electron chi connectivity index (χ2n) is 8.04. The summed E-state index contributed by atoms with van der Waals surface area (Å²) in [6, 6.07) is 3.00. The molecule has 0 radical (unpaired) electrons. The molecule has 0 aromatic heterocycles. The summed E-state index contributed by atoms with van der Waals surface area (Å²) < 4.78 is 39.1. The zero-order chi connectivity index (χ0) is 23.5. The van der Waals surface area contributed by atoms with Gasteiger partial charge < -0.3 is 9.84 Å². The van der Waals surface area contributed by atoms with Crippen molar-refractivity contribution in [3.05, 3.63) is 29.3 Å². The van der Waals surface area contributed by atoms with Crippen LogP contribution in [0.2, 0.25) is 0 Å². The van der Waals surface area contributed by atoms with Crippen LogP contribution in [0.1, 0.15) is 112 Å². The Morgan fingerprint density at radius 2 is 1.47 bits per heavy atom. The number of carbonyl (C=O) groups excluding carboxylic acids is 1. The molecule has 0 aliphatic carbocycles. The molecule has 0 spiro atoms. The zero-order valence-corrected chi connectivity index (χ0v) is 19.7. The Hall–Kier alpha value is -0.294. The number of aromatic carboxylic acids is 1. The Kier molecular flexibility index (Phi) is 15.4. The monoisotopic (exact) mass is 496 g/mol. The zero-order valence-electron chi connectivity index (χ0n) is 18.9. The number of esters is 1. The van der Waals surface area contributed by atoms with Gasteiger partial charge >= 0.3 is 63.3 Å². The standard InChI is InChI=1S/C23H36O7S.K.H/c1-4-7-9-11-15-23(6-3,16-12-10-8-5-2)30-22(26)19-14-13-18(21(24)25)17-20(19)31(27,28)29;;/h13-14,17H,4-12,15-16H2,1-3H3,(H,24,25)(H,27,28,29);;. The number of rotatable bonds is 15. The molecule has 1 rings (SSSR count). The van der Waals surface area contributed by atoms with Gasteiger partial charge in [-0.15, -0.1) is 0 Å². The number of carbonyl (C=O) groups is 2. The van der Waals surface area contributed by atoms with Crippen LogP contribution in [-0.2, 0) is 14.9 Å². The topological polar surface area (TPSA) is 118 Å². The Morgan fingerprint density at radius 1 is 0.938 bits per heavy atom. The Morgan fingerprint density at radius 3 is 1.88 bits per heavy atom. The van der Waals surface area contributed by atoms with Gasteiger partial charge in [0.15, 0.2) is 0 Å². The van der Waals surface area contributed by atoms with Crippen molar-refractivity contribution in [1.29, 1.82) is 0 Å². The number of benzene rings is 1. The van der Waals surface area contributed by atoms with E-state index in [9.17, 15) is 22.6 Å². The fraction of sp³-hybridized carbons (Fsp3) is 0.652. The van der Waals surface area contributed by atoms with Crippen LogP contribution in [0, 0.1) is 0 Å². The van der Waals surface area contributed by atoms with Crippen molar-refractivity contribution in [2.45, 2.75) is 102 Å². The van der Waals surface area contributed by atoms with E-state index >= 15 is 0 Å². The third-order valence-electron chi connectivity index (χ3n) is 5.65. The predicted octanol–water partition coefficient (Wildman–Crippen LogP) is 5.23. The van der Waals surface area contributed by atoms with Crippen LogP contribution in [0.5, 0.6) is 0 Å². The van der Waals surface area contributed by atoms with Crippen LogP contribution >= 0.6 is 0 Å². The third kappa shape index (κ3) is 10.3. The molecule has 1 aromatic rings. The molecule has 0 fully saturated rings. The van der Waals surface area contributed by atoms with E-state index in [1.54, 1.807) is 0 Å². The van der Waals surface area contributed by atoms with Crippen molar-refractivity contribution in [1.82, 2.24) is 0 Å². The van der Waals surface area contributed by atoms with Gasteiger partial charge in [-0.25, -0.2) is 9.59 Å². The predicted molar refractivity (Wildman–Crippen MR) is 126 cm³/mol. The van der Waals surface area contributed by atoms with Crippen molar-refractivity contribution in [3.8, 4) is 0 Å². The number of hydrogen-bond donors (Lipinski definition) is 2. The molecule has 0 aliphatic rings. The summed E-state index contributed by atoms with van der Waals surface area (Å²) in [5, 5.41) is 9.12. The van der Waals surface area contributed by atoms with Gasteiger partial charge in [-0.3, -0.25) is 4.55 Å². The van der Waals surface area contributed by atoms with Crippen molar-refractivity contribution in [2.24, 2.45) is 0 Å². The summed E-state index contributed by atoms with van der Waals surface area (Å²) >= 11 is 0. The molecule has 0 saturated carbocycles. The summed E-state index contributed by atoms with van der Waals surface area (Å²) in [4.78, 5) is 23.4. The van der Waals surface area contributed by atoms with Gasteiger partial charge in [0, 0.05) is 0 Å². The van der Waals surface area contributed by atoms with E-state index in [0.717, 1.165) is 69.6 Å². The molecule has 178 valence electrons. The van der Waals surface area contributed by atoms with Gasteiger partial charge in [0.05, 0.1) is 11.1 Å². The Labute approximate surface area is 234 Å². The fourth-order valence-electron chi connectivity index (χ4n) is 3.69. The Bertz CT molecular complexity index is 825. The summed E-state index contributed by atoms with van der Waals surface area (Å²) in [5.41, 5.74) is -1.42. The van der Waals surface area contributed by atoms with Crippen molar-refractivity contribution in [2.75, 3.05) is 0 Å². The molecule has 0 heterocycles. The number of carboxylic acids is 1. The van der Waals surface area contributed by atoms with Gasteiger partial charge in [-0.2, -0.15) is 8.42 Å². The molecule has 0 atom stereocenters. The summed E-state index contributed by atoms with van der Waals surface area (Å²) in [6.45, 7) is 6.19. The Balaban J connectivity index is 0.00000961. The molecule has 0 unspecified atom stereocenters. The molecule has 9 heteroatoms. The quantitative estimate of drug-likeness (QED) is 0.148. The second kappa shape index (κ2) is 15.6.